The Morgan fingerprint density at radius 3 is 2.55 bits per heavy atom. The summed E-state index contributed by atoms with van der Waals surface area (Å²) in [7, 11) is -2.30. The monoisotopic (exact) mass is 852 g/mol. The van der Waals surface area contributed by atoms with Crippen LogP contribution in [0.25, 0.3) is 21.6 Å². The summed E-state index contributed by atoms with van der Waals surface area (Å²) in [4.78, 5) is 55.6. The molecule has 11 nitrogen and oxygen atoms in total. The van der Waals surface area contributed by atoms with Crippen molar-refractivity contribution in [3.63, 3.8) is 0 Å². The number of ketones is 1. The number of sulfonamides is 1. The van der Waals surface area contributed by atoms with Gasteiger partial charge in [0.1, 0.15) is 28.3 Å². The number of carbonyl (C=O) groups is 3. The molecule has 2 aromatic heterocycles. The first-order valence-corrected chi connectivity index (χ1v) is 23.8. The normalized spacial score (nSPS) is 26.1. The van der Waals surface area contributed by atoms with E-state index in [2.05, 4.69) is 24.6 Å². The van der Waals surface area contributed by atoms with Crippen LogP contribution in [0.5, 0.6) is 11.5 Å². The molecular weight excluding hydrogens is 797 g/mol. The number of aromatic nitrogens is 2. The first-order chi connectivity index (χ1) is 28.7. The standard InChI is InChI=1S/C47H56N4O7S2/c1-29(2)37-28-59-43(49-37)36-24-41(35-18-19-40(57-5)30(3)42(35)48-36)58-34-23-38-39(52)26-47(45(54)50-60(55,56)46(4)20-21-46)25-33(47)17-13-8-6-7-12-16-32(44(53)51(38)27-34)22-31-14-10-9-11-15-31/h9-11,13-15,17-19,24,28-29,32-34,38H,6-8,12,16,20-23,25-27H2,1-5H3,(H,50,54)/b17-13-/t32-,33-,34-,38+,47-/m1/s1. The van der Waals surface area contributed by atoms with Crippen LogP contribution in [-0.2, 0) is 30.8 Å². The molecule has 60 heavy (non-hydrogen) atoms. The molecule has 13 heteroatoms. The number of methoxy groups -OCH3 is 1. The number of ether oxygens (including phenoxy) is 2. The lowest BCUT2D eigenvalue weighted by Gasteiger charge is -2.29. The minimum absolute atomic E-state index is 0.101. The van der Waals surface area contributed by atoms with Gasteiger partial charge in [0.25, 0.3) is 0 Å². The fraction of sp³-hybridized carbons (Fsp3) is 0.511. The topological polar surface area (TPSA) is 145 Å². The zero-order chi connectivity index (χ0) is 42.4. The molecule has 1 saturated heterocycles. The summed E-state index contributed by atoms with van der Waals surface area (Å²) in [5, 5.41) is 3.58. The molecular formula is C47H56N4O7S2. The molecule has 0 radical (unpaired) electrons. The van der Waals surface area contributed by atoms with Crippen LogP contribution >= 0.6 is 11.3 Å². The molecule has 0 spiro atoms. The van der Waals surface area contributed by atoms with Gasteiger partial charge in [-0.1, -0.05) is 69.2 Å². The summed E-state index contributed by atoms with van der Waals surface area (Å²) in [6.45, 7) is 7.99. The first-order valence-electron chi connectivity index (χ1n) is 21.4. The molecule has 2 saturated carbocycles. The third kappa shape index (κ3) is 8.36. The number of pyridine rings is 1. The molecule has 4 aromatic rings. The fourth-order valence-electron chi connectivity index (χ4n) is 8.97. The number of thiazole rings is 1. The van der Waals surface area contributed by atoms with Crippen molar-refractivity contribution in [3.8, 4) is 22.2 Å². The van der Waals surface area contributed by atoms with Crippen LogP contribution in [0.2, 0.25) is 0 Å². The number of fused-ring (bicyclic) bond motifs is 3. The Morgan fingerprint density at radius 2 is 1.83 bits per heavy atom. The highest BCUT2D eigenvalue weighted by atomic mass is 32.2. The second-order valence-electron chi connectivity index (χ2n) is 18.0. The van der Waals surface area contributed by atoms with Crippen LogP contribution in [0.4, 0.5) is 0 Å². The van der Waals surface area contributed by atoms with Crippen molar-refractivity contribution in [1.82, 2.24) is 19.6 Å². The van der Waals surface area contributed by atoms with Crippen molar-refractivity contribution in [2.75, 3.05) is 13.7 Å². The van der Waals surface area contributed by atoms with Crippen molar-refractivity contribution in [3.05, 3.63) is 82.9 Å². The maximum Gasteiger partial charge on any atom is 0.240 e. The average molecular weight is 853 g/mol. The number of amides is 2. The predicted molar refractivity (Wildman–Crippen MR) is 233 cm³/mol. The van der Waals surface area contributed by atoms with E-state index in [1.165, 1.54) is 11.3 Å². The number of Topliss-reactive ketones (excluding diaryl/α,β-unsaturated/α-hetero) is 1. The largest absolute Gasteiger partial charge is 0.496 e. The summed E-state index contributed by atoms with van der Waals surface area (Å²) in [5.74, 6) is -0.114. The Morgan fingerprint density at radius 1 is 1.05 bits per heavy atom. The summed E-state index contributed by atoms with van der Waals surface area (Å²) in [5.41, 5.74) is 3.04. The maximum absolute atomic E-state index is 15.0. The molecule has 318 valence electrons. The zero-order valence-electron chi connectivity index (χ0n) is 35.2. The zero-order valence-corrected chi connectivity index (χ0v) is 36.9. The van der Waals surface area contributed by atoms with E-state index in [0.29, 0.717) is 54.8 Å². The van der Waals surface area contributed by atoms with Crippen LogP contribution in [0.15, 0.2) is 66.1 Å². The highest BCUT2D eigenvalue weighted by Gasteiger charge is 2.62. The molecule has 1 N–H and O–H groups in total. The highest BCUT2D eigenvalue weighted by molar-refractivity contribution is 7.91. The third-order valence-corrected chi connectivity index (χ3v) is 16.3. The van der Waals surface area contributed by atoms with E-state index in [1.54, 1.807) is 18.9 Å². The summed E-state index contributed by atoms with van der Waals surface area (Å²) in [6, 6.07) is 14.8. The lowest BCUT2D eigenvalue weighted by molar-refractivity contribution is -0.142. The van der Waals surface area contributed by atoms with Crippen molar-refractivity contribution in [1.29, 1.82) is 0 Å². The summed E-state index contributed by atoms with van der Waals surface area (Å²) < 4.78 is 40.6. The summed E-state index contributed by atoms with van der Waals surface area (Å²) in [6.07, 6.45) is 9.65. The van der Waals surface area contributed by atoms with E-state index >= 15 is 0 Å². The second-order valence-corrected chi connectivity index (χ2v) is 21.0. The van der Waals surface area contributed by atoms with Gasteiger partial charge in [-0.25, -0.2) is 18.4 Å². The predicted octanol–water partition coefficient (Wildman–Crippen LogP) is 8.49. The SMILES string of the molecule is COc1ccc2c(O[C@@H]3C[C@H]4C(=O)C[C@]5(C(=O)NS(=O)(=O)C6(C)CC6)C[C@H]5/C=C\CCCCC[C@H](Cc5ccccc5)C(=O)N4C3)cc(-c3nc(C(C)C)cs3)nc2c1C. The van der Waals surface area contributed by atoms with Crippen molar-refractivity contribution in [2.24, 2.45) is 17.3 Å². The number of carbonyl (C=O) groups excluding carboxylic acids is 3. The van der Waals surface area contributed by atoms with E-state index in [1.807, 2.05) is 66.9 Å². The van der Waals surface area contributed by atoms with Gasteiger partial charge in [0.15, 0.2) is 5.78 Å². The Balaban J connectivity index is 1.15. The van der Waals surface area contributed by atoms with Crippen LogP contribution in [0, 0.1) is 24.2 Å². The number of nitrogens with zero attached hydrogens (tertiary/aromatic N) is 3. The van der Waals surface area contributed by atoms with Crippen molar-refractivity contribution in [2.45, 2.75) is 121 Å². The lowest BCUT2D eigenvalue weighted by atomic mass is 9.90. The number of benzene rings is 2. The quantitative estimate of drug-likeness (QED) is 0.155. The van der Waals surface area contributed by atoms with Crippen LogP contribution in [0.3, 0.4) is 0 Å². The van der Waals surface area contributed by atoms with Crippen molar-refractivity contribution < 1.29 is 32.3 Å². The molecule has 2 amide bonds. The van der Waals surface area contributed by atoms with Gasteiger partial charge in [-0.05, 0) is 88.3 Å². The van der Waals surface area contributed by atoms with Crippen LogP contribution in [0.1, 0.15) is 108 Å². The molecule has 4 heterocycles. The van der Waals surface area contributed by atoms with Crippen LogP contribution < -0.4 is 14.2 Å². The van der Waals surface area contributed by atoms with Gasteiger partial charge >= 0.3 is 0 Å². The van der Waals surface area contributed by atoms with E-state index < -0.39 is 38.2 Å². The van der Waals surface area contributed by atoms with Crippen molar-refractivity contribution >= 4 is 49.9 Å². The highest BCUT2D eigenvalue weighted by Crippen LogP contribution is 2.58. The minimum Gasteiger partial charge on any atom is -0.496 e. The van der Waals surface area contributed by atoms with E-state index in [0.717, 1.165) is 52.9 Å². The number of hydrogen-bond donors (Lipinski definition) is 1. The Labute approximate surface area is 357 Å². The first kappa shape index (κ1) is 42.1. The molecule has 2 aliphatic heterocycles. The smallest absolute Gasteiger partial charge is 0.240 e. The van der Waals surface area contributed by atoms with E-state index in [4.69, 9.17) is 19.4 Å². The molecule has 4 aliphatic rings. The van der Waals surface area contributed by atoms with E-state index in [9.17, 15) is 22.8 Å². The Bertz CT molecular complexity index is 2430. The van der Waals surface area contributed by atoms with Crippen LogP contribution in [-0.4, -0.2) is 71.4 Å². The number of allylic oxidation sites excluding steroid dienone is 2. The van der Waals surface area contributed by atoms with Gasteiger partial charge in [-0.3, -0.25) is 19.1 Å². The second kappa shape index (κ2) is 16.7. The fourth-order valence-corrected chi connectivity index (χ4v) is 11.2. The Hall–Kier alpha value is -4.62. The van der Waals surface area contributed by atoms with Gasteiger partial charge < -0.3 is 14.4 Å². The molecule has 2 aliphatic carbocycles. The number of aryl methyl sites for hydroxylation is 1. The molecule has 2 aromatic carbocycles. The molecule has 0 bridgehead atoms. The molecule has 5 atom stereocenters. The molecule has 0 unspecified atom stereocenters. The average Bonchev–Trinajstić information content (AvgIpc) is 4.00. The molecule has 3 fully saturated rings. The van der Waals surface area contributed by atoms with Gasteiger partial charge in [0.2, 0.25) is 21.8 Å². The minimum atomic E-state index is -3.93. The lowest BCUT2D eigenvalue weighted by Crippen LogP contribution is -2.47. The number of nitrogens with one attached hydrogen (secondary N) is 1. The van der Waals surface area contributed by atoms with Gasteiger partial charge in [0.05, 0.1) is 41.1 Å². The van der Waals surface area contributed by atoms with Gasteiger partial charge in [0, 0.05) is 41.2 Å². The summed E-state index contributed by atoms with van der Waals surface area (Å²) >= 11 is 1.52. The molecule has 8 rings (SSSR count). The van der Waals surface area contributed by atoms with Gasteiger partial charge in [-0.15, -0.1) is 11.3 Å². The number of hydrogen-bond acceptors (Lipinski definition) is 10. The van der Waals surface area contributed by atoms with Gasteiger partial charge in [-0.2, -0.15) is 0 Å². The number of rotatable bonds is 10. The van der Waals surface area contributed by atoms with E-state index in [-0.39, 0.29) is 48.8 Å². The Kier molecular flexibility index (Phi) is 11.7. The maximum atomic E-state index is 15.0. The third-order valence-electron chi connectivity index (χ3n) is 13.3.